The Bertz CT molecular complexity index is 1410. The Balaban J connectivity index is 2.02. The van der Waals surface area contributed by atoms with Crippen LogP contribution in [0.15, 0.2) is 54.6 Å². The fourth-order valence-electron chi connectivity index (χ4n) is 4.08. The number of methoxy groups -OCH3 is 4. The number of ether oxygens (including phenoxy) is 5. The van der Waals surface area contributed by atoms with Crippen molar-refractivity contribution in [3.8, 4) is 34.5 Å². The first kappa shape index (κ1) is 32.4. The van der Waals surface area contributed by atoms with Gasteiger partial charge in [0.1, 0.15) is 11.8 Å². The molecule has 0 spiro atoms. The lowest BCUT2D eigenvalue weighted by Crippen LogP contribution is -2.38. The second kappa shape index (κ2) is 14.7. The summed E-state index contributed by atoms with van der Waals surface area (Å²) in [5.41, 5.74) is 8.29. The van der Waals surface area contributed by atoms with Gasteiger partial charge in [-0.15, -0.1) is 0 Å². The van der Waals surface area contributed by atoms with E-state index in [-0.39, 0.29) is 5.75 Å². The average Bonchev–Trinajstić information content (AvgIpc) is 2.95. The van der Waals surface area contributed by atoms with Crippen molar-refractivity contribution in [2.24, 2.45) is 5.73 Å². The maximum atomic E-state index is 14.2. The molecule has 1 unspecified atom stereocenters. The van der Waals surface area contributed by atoms with Gasteiger partial charge in [0.05, 0.1) is 40.7 Å². The molecule has 10 nitrogen and oxygen atoms in total. The second-order valence-electron chi connectivity index (χ2n) is 9.56. The van der Waals surface area contributed by atoms with Crippen LogP contribution in [-0.2, 0) is 14.1 Å². The van der Waals surface area contributed by atoms with Gasteiger partial charge in [0.15, 0.2) is 23.0 Å². The molecule has 0 heterocycles. The summed E-state index contributed by atoms with van der Waals surface area (Å²) in [6.07, 6.45) is 2.83. The van der Waals surface area contributed by atoms with Crippen LogP contribution in [0.3, 0.4) is 0 Å². The number of aryl methyl sites for hydroxylation is 1. The average molecular weight is 600 g/mol. The topological polar surface area (TPSA) is 125 Å². The number of para-hydroxylation sites is 1. The van der Waals surface area contributed by atoms with Crippen molar-refractivity contribution in [2.75, 3.05) is 34.6 Å². The van der Waals surface area contributed by atoms with Gasteiger partial charge in [-0.05, 0) is 68.3 Å². The summed E-state index contributed by atoms with van der Waals surface area (Å²) in [6.45, 7) is 5.26. The molecular formula is C31H38NO9P. The molecule has 0 saturated carbocycles. The summed E-state index contributed by atoms with van der Waals surface area (Å²) in [5, 5.41) is 0. The van der Waals surface area contributed by atoms with Crippen molar-refractivity contribution in [1.29, 1.82) is 0 Å². The molecule has 0 saturated heterocycles. The third-order valence-corrected chi connectivity index (χ3v) is 7.68. The second-order valence-corrected chi connectivity index (χ2v) is 11.5. The molecule has 0 fully saturated rings. The molecule has 3 rings (SSSR count). The largest absolute Gasteiger partial charge is 0.493 e. The van der Waals surface area contributed by atoms with Crippen molar-refractivity contribution in [3.05, 3.63) is 71.3 Å². The van der Waals surface area contributed by atoms with Crippen molar-refractivity contribution < 1.29 is 42.1 Å². The molecule has 0 aliphatic heterocycles. The Morgan fingerprint density at radius 2 is 1.45 bits per heavy atom. The molecular weight excluding hydrogens is 561 g/mol. The smallest absolute Gasteiger partial charge is 0.432 e. The minimum atomic E-state index is -4.08. The molecule has 0 bridgehead atoms. The van der Waals surface area contributed by atoms with Crippen molar-refractivity contribution in [2.45, 2.75) is 32.9 Å². The van der Waals surface area contributed by atoms with E-state index in [1.807, 2.05) is 25.1 Å². The quantitative estimate of drug-likeness (QED) is 0.131. The SMILES string of the molecule is COc1cc(/C=C\c2cc(C)cc(OP(=O)(C[C@@H](N)C(=O)OC(C)C)Oc3ccccc3)c2OC)cc(OC)c1OC. The predicted molar refractivity (Wildman–Crippen MR) is 162 cm³/mol. The summed E-state index contributed by atoms with van der Waals surface area (Å²) in [6, 6.07) is 14.4. The van der Waals surface area contributed by atoms with E-state index in [2.05, 4.69) is 0 Å². The molecule has 0 aliphatic carbocycles. The van der Waals surface area contributed by atoms with Gasteiger partial charge < -0.3 is 38.5 Å². The van der Waals surface area contributed by atoms with Crippen LogP contribution in [-0.4, -0.2) is 52.7 Å². The predicted octanol–water partition coefficient (Wildman–Crippen LogP) is 6.13. The van der Waals surface area contributed by atoms with Crippen LogP contribution >= 0.6 is 7.60 Å². The number of carbonyl (C=O) groups excluding carboxylic acids is 1. The molecule has 0 aromatic heterocycles. The van der Waals surface area contributed by atoms with Crippen LogP contribution in [0.4, 0.5) is 0 Å². The highest BCUT2D eigenvalue weighted by atomic mass is 31.2. The van der Waals surface area contributed by atoms with Crippen LogP contribution < -0.4 is 33.7 Å². The summed E-state index contributed by atoms with van der Waals surface area (Å²) < 4.78 is 53.3. The summed E-state index contributed by atoms with van der Waals surface area (Å²) in [5.74, 6) is 1.53. The molecule has 0 aliphatic rings. The number of hydrogen-bond acceptors (Lipinski definition) is 10. The zero-order chi connectivity index (χ0) is 30.9. The first-order chi connectivity index (χ1) is 20.0. The summed E-state index contributed by atoms with van der Waals surface area (Å²) >= 11 is 0. The number of carbonyl (C=O) groups is 1. The highest BCUT2D eigenvalue weighted by molar-refractivity contribution is 7.54. The molecule has 11 heteroatoms. The van der Waals surface area contributed by atoms with Crippen molar-refractivity contribution in [1.82, 2.24) is 0 Å². The molecule has 226 valence electrons. The lowest BCUT2D eigenvalue weighted by atomic mass is 10.1. The lowest BCUT2D eigenvalue weighted by Gasteiger charge is -2.24. The van der Waals surface area contributed by atoms with Gasteiger partial charge in [-0.3, -0.25) is 4.79 Å². The minimum Gasteiger partial charge on any atom is -0.493 e. The number of benzene rings is 3. The van der Waals surface area contributed by atoms with Crippen LogP contribution in [0.25, 0.3) is 12.2 Å². The van der Waals surface area contributed by atoms with E-state index in [1.165, 1.54) is 14.2 Å². The van der Waals surface area contributed by atoms with Gasteiger partial charge in [-0.2, -0.15) is 0 Å². The summed E-state index contributed by atoms with van der Waals surface area (Å²) in [4.78, 5) is 12.5. The molecule has 3 aromatic carbocycles. The third kappa shape index (κ3) is 8.44. The van der Waals surface area contributed by atoms with E-state index >= 15 is 0 Å². The standard InChI is InChI=1S/C31H38NO9P/c1-20(2)39-31(33)25(32)19-42(34,40-24-11-9-8-10-12-24)41-28-16-21(3)15-23(29(28)37-6)14-13-22-17-26(35-4)30(38-7)27(18-22)36-5/h8-18,20,25H,19,32H2,1-7H3/b14-13-/t25-,42?/m1/s1. The van der Waals surface area contributed by atoms with E-state index in [0.717, 1.165) is 11.1 Å². The highest BCUT2D eigenvalue weighted by Crippen LogP contribution is 2.52. The first-order valence-corrected chi connectivity index (χ1v) is 14.9. The van der Waals surface area contributed by atoms with Crippen molar-refractivity contribution in [3.63, 3.8) is 0 Å². The Labute approximate surface area is 246 Å². The Morgan fingerprint density at radius 1 is 0.833 bits per heavy atom. The van der Waals surface area contributed by atoms with Gasteiger partial charge in [-0.1, -0.05) is 30.4 Å². The van der Waals surface area contributed by atoms with Gasteiger partial charge in [0, 0.05) is 5.56 Å². The molecule has 0 radical (unpaired) electrons. The fraction of sp³-hybridized carbons (Fsp3) is 0.323. The Morgan fingerprint density at radius 3 is 2.00 bits per heavy atom. The fourth-order valence-corrected chi connectivity index (χ4v) is 5.78. The highest BCUT2D eigenvalue weighted by Gasteiger charge is 2.36. The molecule has 2 atom stereocenters. The monoisotopic (exact) mass is 599 g/mol. The Kier molecular flexibility index (Phi) is 11.3. The molecule has 2 N–H and O–H groups in total. The zero-order valence-electron chi connectivity index (χ0n) is 24.9. The molecule has 3 aromatic rings. The van der Waals surface area contributed by atoms with E-state index in [0.29, 0.717) is 34.3 Å². The Hall–Kier alpha value is -4.14. The molecule has 42 heavy (non-hydrogen) atoms. The molecule has 0 amide bonds. The maximum Gasteiger partial charge on any atom is 0.432 e. The number of rotatable bonds is 14. The van der Waals surface area contributed by atoms with E-state index in [1.54, 1.807) is 76.6 Å². The number of hydrogen-bond donors (Lipinski definition) is 1. The van der Waals surface area contributed by atoms with E-state index in [4.69, 9.17) is 38.5 Å². The lowest BCUT2D eigenvalue weighted by molar-refractivity contribution is -0.148. The minimum absolute atomic E-state index is 0.158. The van der Waals surface area contributed by atoms with Gasteiger partial charge in [0.25, 0.3) is 0 Å². The van der Waals surface area contributed by atoms with Crippen LogP contribution in [0.2, 0.25) is 0 Å². The normalized spacial score (nSPS) is 13.3. The third-order valence-electron chi connectivity index (χ3n) is 5.87. The number of esters is 1. The van der Waals surface area contributed by atoms with Gasteiger partial charge >= 0.3 is 13.6 Å². The van der Waals surface area contributed by atoms with Crippen LogP contribution in [0, 0.1) is 6.92 Å². The summed E-state index contributed by atoms with van der Waals surface area (Å²) in [7, 11) is 2.02. The van der Waals surface area contributed by atoms with Gasteiger partial charge in [0.2, 0.25) is 5.75 Å². The zero-order valence-corrected chi connectivity index (χ0v) is 25.8. The van der Waals surface area contributed by atoms with Gasteiger partial charge in [-0.25, -0.2) is 4.57 Å². The van der Waals surface area contributed by atoms with Crippen molar-refractivity contribution >= 4 is 25.7 Å². The maximum absolute atomic E-state index is 14.2. The first-order valence-electron chi connectivity index (χ1n) is 13.2. The van der Waals surface area contributed by atoms with E-state index < -0.39 is 31.9 Å². The van der Waals surface area contributed by atoms with Crippen LogP contribution in [0.5, 0.6) is 34.5 Å². The van der Waals surface area contributed by atoms with Crippen LogP contribution in [0.1, 0.15) is 30.5 Å². The van der Waals surface area contributed by atoms with E-state index in [9.17, 15) is 9.36 Å². The number of nitrogens with two attached hydrogens (primary N) is 1.